The van der Waals surface area contributed by atoms with Crippen LogP contribution in [0.15, 0.2) is 66.7 Å². The Bertz CT molecular complexity index is 1180. The quantitative estimate of drug-likeness (QED) is 0.437. The summed E-state index contributed by atoms with van der Waals surface area (Å²) >= 11 is 0. The number of rotatable bonds is 6. The number of fused-ring (bicyclic) bond motifs is 1. The molecule has 0 amide bonds. The first-order valence-corrected chi connectivity index (χ1v) is 11.7. The smallest absolute Gasteiger partial charge is 0.165 e. The summed E-state index contributed by atoms with van der Waals surface area (Å²) in [6.07, 6.45) is 2.07. The number of hydrogen-bond acceptors (Lipinski definition) is 4. The van der Waals surface area contributed by atoms with Gasteiger partial charge < -0.3 is 4.90 Å². The van der Waals surface area contributed by atoms with Crippen molar-refractivity contribution in [2.45, 2.75) is 33.2 Å². The normalized spacial score (nSPS) is 14.9. The lowest BCUT2D eigenvalue weighted by molar-refractivity contribution is 0.249. The maximum absolute atomic E-state index is 5.05. The topological polar surface area (TPSA) is 36.7 Å². The highest BCUT2D eigenvalue weighted by Gasteiger charge is 2.23. The molecule has 4 aromatic rings. The number of aryl methyl sites for hydroxylation is 2. The molecule has 0 bridgehead atoms. The van der Waals surface area contributed by atoms with Crippen molar-refractivity contribution in [3.8, 4) is 11.1 Å². The van der Waals surface area contributed by atoms with E-state index in [1.54, 1.807) is 0 Å². The van der Waals surface area contributed by atoms with Gasteiger partial charge in [-0.1, -0.05) is 74.0 Å². The maximum Gasteiger partial charge on any atom is 0.165 e. The van der Waals surface area contributed by atoms with Gasteiger partial charge in [0.15, 0.2) is 5.65 Å². The minimum atomic E-state index is 0.973. The van der Waals surface area contributed by atoms with Gasteiger partial charge in [-0.15, -0.1) is 0 Å². The van der Waals surface area contributed by atoms with E-state index < -0.39 is 0 Å². The van der Waals surface area contributed by atoms with Crippen LogP contribution in [-0.2, 0) is 13.0 Å². The Labute approximate surface area is 190 Å². The summed E-state index contributed by atoms with van der Waals surface area (Å²) in [4.78, 5) is 10.1. The van der Waals surface area contributed by atoms with Gasteiger partial charge in [-0.3, -0.25) is 4.90 Å². The Balaban J connectivity index is 1.46. The van der Waals surface area contributed by atoms with Gasteiger partial charge in [0.2, 0.25) is 0 Å². The zero-order chi connectivity index (χ0) is 21.9. The molecule has 32 heavy (non-hydrogen) atoms. The van der Waals surface area contributed by atoms with Crippen LogP contribution in [0, 0.1) is 6.92 Å². The predicted octanol–water partition coefficient (Wildman–Crippen LogP) is 4.98. The molecule has 1 fully saturated rings. The highest BCUT2D eigenvalue weighted by molar-refractivity contribution is 5.81. The molecule has 5 heteroatoms. The largest absolute Gasteiger partial charge is 0.354 e. The van der Waals surface area contributed by atoms with Crippen LogP contribution in [0.5, 0.6) is 0 Å². The van der Waals surface area contributed by atoms with Crippen LogP contribution in [0.2, 0.25) is 0 Å². The molecule has 0 spiro atoms. The van der Waals surface area contributed by atoms with Crippen molar-refractivity contribution >= 4 is 11.5 Å². The second kappa shape index (κ2) is 9.13. The Kier molecular flexibility index (Phi) is 5.91. The molecule has 3 heterocycles. The molecule has 0 N–H and O–H groups in total. The van der Waals surface area contributed by atoms with Crippen molar-refractivity contribution in [1.29, 1.82) is 0 Å². The fourth-order valence-corrected chi connectivity index (χ4v) is 4.69. The van der Waals surface area contributed by atoms with Crippen molar-refractivity contribution < 1.29 is 0 Å². The monoisotopic (exact) mass is 425 g/mol. The van der Waals surface area contributed by atoms with Gasteiger partial charge in [-0.25, -0.2) is 4.98 Å². The fourth-order valence-electron chi connectivity index (χ4n) is 4.69. The highest BCUT2D eigenvalue weighted by atomic mass is 15.4. The summed E-state index contributed by atoms with van der Waals surface area (Å²) in [5, 5.41) is 4.95. The molecule has 0 unspecified atom stereocenters. The van der Waals surface area contributed by atoms with E-state index in [1.165, 1.54) is 16.9 Å². The third-order valence-corrected chi connectivity index (χ3v) is 6.31. The highest BCUT2D eigenvalue weighted by Crippen LogP contribution is 2.30. The summed E-state index contributed by atoms with van der Waals surface area (Å²) in [6, 6.07) is 23.5. The summed E-state index contributed by atoms with van der Waals surface area (Å²) < 4.78 is 2.07. The van der Waals surface area contributed by atoms with E-state index >= 15 is 0 Å². The van der Waals surface area contributed by atoms with Gasteiger partial charge >= 0.3 is 0 Å². The number of nitrogens with zero attached hydrogens (tertiary/aromatic N) is 5. The van der Waals surface area contributed by atoms with Crippen molar-refractivity contribution in [2.75, 3.05) is 31.1 Å². The molecule has 0 saturated carbocycles. The SMILES string of the molecule is CCCc1cc(N2CCN(Cc3ccccc3)CC2)n2nc(C)c(-c3ccccc3)c2n1. The average molecular weight is 426 g/mol. The first-order chi connectivity index (χ1) is 15.7. The molecule has 5 nitrogen and oxygen atoms in total. The van der Waals surface area contributed by atoms with Gasteiger partial charge in [-0.2, -0.15) is 9.61 Å². The van der Waals surface area contributed by atoms with E-state index in [9.17, 15) is 0 Å². The molecular weight excluding hydrogens is 394 g/mol. The van der Waals surface area contributed by atoms with Gasteiger partial charge in [0.25, 0.3) is 0 Å². The number of anilines is 1. The number of hydrogen-bond donors (Lipinski definition) is 0. The van der Waals surface area contributed by atoms with E-state index in [1.807, 2.05) is 0 Å². The first-order valence-electron chi connectivity index (χ1n) is 11.7. The van der Waals surface area contributed by atoms with E-state index in [0.29, 0.717) is 0 Å². The Morgan fingerprint density at radius 3 is 2.25 bits per heavy atom. The second-order valence-electron chi connectivity index (χ2n) is 8.67. The average Bonchev–Trinajstić information content (AvgIpc) is 3.16. The molecule has 0 atom stereocenters. The third kappa shape index (κ3) is 4.13. The molecule has 0 radical (unpaired) electrons. The molecular formula is C27H31N5. The lowest BCUT2D eigenvalue weighted by Crippen LogP contribution is -2.46. The molecule has 1 aliphatic rings. The van der Waals surface area contributed by atoms with E-state index in [4.69, 9.17) is 10.1 Å². The molecule has 5 rings (SSSR count). The third-order valence-electron chi connectivity index (χ3n) is 6.31. The van der Waals surface area contributed by atoms with Crippen molar-refractivity contribution in [3.05, 3.63) is 83.7 Å². The van der Waals surface area contributed by atoms with E-state index in [2.05, 4.69) is 94.9 Å². The van der Waals surface area contributed by atoms with Crippen LogP contribution in [0.1, 0.15) is 30.3 Å². The molecule has 2 aromatic carbocycles. The van der Waals surface area contributed by atoms with Crippen LogP contribution < -0.4 is 4.90 Å². The molecule has 2 aromatic heterocycles. The predicted molar refractivity (Wildman–Crippen MR) is 131 cm³/mol. The van der Waals surface area contributed by atoms with Crippen LogP contribution in [0.25, 0.3) is 16.8 Å². The molecule has 1 saturated heterocycles. The van der Waals surface area contributed by atoms with Gasteiger partial charge in [0.05, 0.1) is 5.69 Å². The number of benzene rings is 2. The number of aromatic nitrogens is 3. The minimum Gasteiger partial charge on any atom is -0.354 e. The minimum absolute atomic E-state index is 0.973. The van der Waals surface area contributed by atoms with Gasteiger partial charge in [-0.05, 0) is 24.5 Å². The van der Waals surface area contributed by atoms with Crippen molar-refractivity contribution in [2.24, 2.45) is 0 Å². The van der Waals surface area contributed by atoms with Crippen molar-refractivity contribution in [3.63, 3.8) is 0 Å². The lowest BCUT2D eigenvalue weighted by atomic mass is 10.1. The zero-order valence-corrected chi connectivity index (χ0v) is 19.0. The summed E-state index contributed by atoms with van der Waals surface area (Å²) in [5.74, 6) is 1.17. The Morgan fingerprint density at radius 1 is 0.875 bits per heavy atom. The molecule has 0 aliphatic carbocycles. The summed E-state index contributed by atoms with van der Waals surface area (Å²) in [6.45, 7) is 9.42. The van der Waals surface area contributed by atoms with Gasteiger partial charge in [0.1, 0.15) is 5.82 Å². The zero-order valence-electron chi connectivity index (χ0n) is 19.0. The standard InChI is InChI=1S/C27H31N5/c1-3-10-24-19-25(31-17-15-30(16-18-31)20-22-11-6-4-7-12-22)32-27(28-24)26(21(2)29-32)23-13-8-5-9-14-23/h4-9,11-14,19H,3,10,15-18,20H2,1-2H3. The van der Waals surface area contributed by atoms with Gasteiger partial charge in [0, 0.05) is 50.0 Å². The van der Waals surface area contributed by atoms with Crippen molar-refractivity contribution in [1.82, 2.24) is 19.5 Å². The van der Waals surface area contributed by atoms with E-state index in [-0.39, 0.29) is 0 Å². The Morgan fingerprint density at radius 2 is 1.56 bits per heavy atom. The second-order valence-corrected chi connectivity index (χ2v) is 8.67. The van der Waals surface area contributed by atoms with Crippen LogP contribution in [0.3, 0.4) is 0 Å². The van der Waals surface area contributed by atoms with E-state index in [0.717, 1.165) is 68.2 Å². The first kappa shape index (κ1) is 20.7. The summed E-state index contributed by atoms with van der Waals surface area (Å²) in [7, 11) is 0. The lowest BCUT2D eigenvalue weighted by Gasteiger charge is -2.36. The molecule has 164 valence electrons. The van der Waals surface area contributed by atoms with Crippen LogP contribution in [-0.4, -0.2) is 45.7 Å². The van der Waals surface area contributed by atoms with Crippen LogP contribution in [0.4, 0.5) is 5.82 Å². The fraction of sp³-hybridized carbons (Fsp3) is 0.333. The summed E-state index contributed by atoms with van der Waals surface area (Å²) in [5.41, 5.74) is 6.86. The molecule has 1 aliphatic heterocycles. The van der Waals surface area contributed by atoms with Crippen LogP contribution >= 0.6 is 0 Å². The number of piperazine rings is 1. The maximum atomic E-state index is 5.05. The Hall–Kier alpha value is -3.18.